The Hall–Kier alpha value is -2.40. The average molecular weight is 305 g/mol. The number of ketones is 1. The molecule has 0 saturated carbocycles. The molecule has 0 radical (unpaired) electrons. The number of nitriles is 1. The summed E-state index contributed by atoms with van der Waals surface area (Å²) in [6.45, 7) is 6.72. The van der Waals surface area contributed by atoms with E-state index in [4.69, 9.17) is 5.26 Å². The molecule has 0 aliphatic heterocycles. The first kappa shape index (κ1) is 17.0. The van der Waals surface area contributed by atoms with Crippen molar-refractivity contribution < 1.29 is 4.79 Å². The maximum atomic E-state index is 12.5. The zero-order valence-corrected chi connectivity index (χ0v) is 14.0. The molecule has 0 aliphatic rings. The van der Waals surface area contributed by atoms with E-state index in [0.29, 0.717) is 22.6 Å². The van der Waals surface area contributed by atoms with Gasteiger partial charge in [-0.05, 0) is 48.1 Å². The van der Waals surface area contributed by atoms with Crippen LogP contribution in [0.1, 0.15) is 66.6 Å². The van der Waals surface area contributed by atoms with E-state index in [9.17, 15) is 4.79 Å². The van der Waals surface area contributed by atoms with Crippen LogP contribution in [-0.4, -0.2) is 5.78 Å². The van der Waals surface area contributed by atoms with Crippen molar-refractivity contribution in [2.75, 3.05) is 0 Å². The summed E-state index contributed by atoms with van der Waals surface area (Å²) in [4.78, 5) is 12.5. The molecule has 0 bridgehead atoms. The molecule has 1 unspecified atom stereocenters. The molecule has 2 rings (SSSR count). The van der Waals surface area contributed by atoms with E-state index in [2.05, 4.69) is 39.0 Å². The minimum Gasteiger partial charge on any atom is -0.289 e. The van der Waals surface area contributed by atoms with Crippen molar-refractivity contribution in [2.45, 2.75) is 39.5 Å². The van der Waals surface area contributed by atoms with Gasteiger partial charge >= 0.3 is 0 Å². The summed E-state index contributed by atoms with van der Waals surface area (Å²) in [5.41, 5.74) is 3.15. The van der Waals surface area contributed by atoms with Gasteiger partial charge < -0.3 is 0 Å². The first-order valence-corrected chi connectivity index (χ1v) is 8.16. The van der Waals surface area contributed by atoms with Crippen LogP contribution in [-0.2, 0) is 0 Å². The van der Waals surface area contributed by atoms with E-state index in [1.807, 2.05) is 12.1 Å². The Labute approximate surface area is 138 Å². The fraction of sp³-hybridized carbons (Fsp3) is 0.333. The van der Waals surface area contributed by atoms with Gasteiger partial charge in [-0.1, -0.05) is 51.5 Å². The molecule has 0 amide bonds. The molecule has 0 heterocycles. The van der Waals surface area contributed by atoms with Crippen molar-refractivity contribution in [3.8, 4) is 6.07 Å². The van der Waals surface area contributed by atoms with Crippen LogP contribution in [0.3, 0.4) is 0 Å². The highest BCUT2D eigenvalue weighted by Gasteiger charge is 2.11. The maximum Gasteiger partial charge on any atom is 0.193 e. The molecule has 0 saturated heterocycles. The average Bonchev–Trinajstić information content (AvgIpc) is 2.59. The summed E-state index contributed by atoms with van der Waals surface area (Å²) >= 11 is 0. The second kappa shape index (κ2) is 7.74. The highest BCUT2D eigenvalue weighted by molar-refractivity contribution is 6.09. The lowest BCUT2D eigenvalue weighted by atomic mass is 9.91. The lowest BCUT2D eigenvalue weighted by Crippen LogP contribution is -2.02. The third-order valence-electron chi connectivity index (χ3n) is 4.20. The Kier molecular flexibility index (Phi) is 5.71. The number of hydrogen-bond donors (Lipinski definition) is 0. The first-order valence-electron chi connectivity index (χ1n) is 8.16. The first-order chi connectivity index (χ1) is 11.0. The highest BCUT2D eigenvalue weighted by atomic mass is 16.1. The van der Waals surface area contributed by atoms with Gasteiger partial charge in [0.05, 0.1) is 11.6 Å². The summed E-state index contributed by atoms with van der Waals surface area (Å²) in [7, 11) is 0. The van der Waals surface area contributed by atoms with Crippen LogP contribution in [0.15, 0.2) is 48.5 Å². The fourth-order valence-corrected chi connectivity index (χ4v) is 2.58. The normalized spacial score (nSPS) is 12.0. The van der Waals surface area contributed by atoms with Gasteiger partial charge in [0.1, 0.15) is 0 Å². The van der Waals surface area contributed by atoms with E-state index >= 15 is 0 Å². The largest absolute Gasteiger partial charge is 0.289 e. The number of rotatable bonds is 6. The van der Waals surface area contributed by atoms with Crippen LogP contribution in [0.2, 0.25) is 0 Å². The van der Waals surface area contributed by atoms with Gasteiger partial charge in [-0.2, -0.15) is 5.26 Å². The Bertz CT molecular complexity index is 690. The van der Waals surface area contributed by atoms with Crippen LogP contribution in [0.4, 0.5) is 0 Å². The predicted molar refractivity (Wildman–Crippen MR) is 93.5 cm³/mol. The van der Waals surface area contributed by atoms with Gasteiger partial charge in [0.25, 0.3) is 0 Å². The second-order valence-electron chi connectivity index (χ2n) is 6.51. The number of hydrogen-bond acceptors (Lipinski definition) is 2. The lowest BCUT2D eigenvalue weighted by Gasteiger charge is -2.13. The monoisotopic (exact) mass is 305 g/mol. The molecule has 118 valence electrons. The predicted octanol–water partition coefficient (Wildman–Crippen LogP) is 5.33. The Morgan fingerprint density at radius 3 is 1.91 bits per heavy atom. The topological polar surface area (TPSA) is 40.9 Å². The zero-order chi connectivity index (χ0) is 16.8. The SMILES string of the molecule is CC(C)CCC(C)c1ccc(C(=O)c2ccc(C#N)cc2)cc1. The molecule has 2 aromatic rings. The van der Waals surface area contributed by atoms with E-state index in [0.717, 1.165) is 5.92 Å². The molecular weight excluding hydrogens is 282 g/mol. The summed E-state index contributed by atoms with van der Waals surface area (Å²) in [5.74, 6) is 1.22. The molecule has 23 heavy (non-hydrogen) atoms. The lowest BCUT2D eigenvalue weighted by molar-refractivity contribution is 0.103. The summed E-state index contributed by atoms with van der Waals surface area (Å²) < 4.78 is 0. The van der Waals surface area contributed by atoms with Crippen LogP contribution in [0.25, 0.3) is 0 Å². The molecule has 2 aromatic carbocycles. The Morgan fingerprint density at radius 2 is 1.43 bits per heavy atom. The molecule has 2 nitrogen and oxygen atoms in total. The Morgan fingerprint density at radius 1 is 0.913 bits per heavy atom. The fourth-order valence-electron chi connectivity index (χ4n) is 2.58. The third-order valence-corrected chi connectivity index (χ3v) is 4.20. The van der Waals surface area contributed by atoms with Gasteiger partial charge in [0.2, 0.25) is 0 Å². The van der Waals surface area contributed by atoms with Crippen molar-refractivity contribution in [3.05, 3.63) is 70.8 Å². The van der Waals surface area contributed by atoms with E-state index in [1.165, 1.54) is 18.4 Å². The van der Waals surface area contributed by atoms with Crippen molar-refractivity contribution in [3.63, 3.8) is 0 Å². The molecule has 1 atom stereocenters. The van der Waals surface area contributed by atoms with Gasteiger partial charge in [-0.25, -0.2) is 0 Å². The molecule has 2 heteroatoms. The van der Waals surface area contributed by atoms with Crippen LogP contribution in [0, 0.1) is 17.2 Å². The smallest absolute Gasteiger partial charge is 0.193 e. The number of nitrogens with zero attached hydrogens (tertiary/aromatic N) is 1. The van der Waals surface area contributed by atoms with Gasteiger partial charge in [0.15, 0.2) is 5.78 Å². The summed E-state index contributed by atoms with van der Waals surface area (Å²) in [6, 6.07) is 16.8. The third kappa shape index (κ3) is 4.53. The second-order valence-corrected chi connectivity index (χ2v) is 6.51. The van der Waals surface area contributed by atoms with Gasteiger partial charge in [-0.3, -0.25) is 4.79 Å². The molecule has 0 spiro atoms. The molecule has 0 aromatic heterocycles. The van der Waals surface area contributed by atoms with Crippen LogP contribution >= 0.6 is 0 Å². The molecular formula is C21H23NO. The summed E-state index contributed by atoms with van der Waals surface area (Å²) in [6.07, 6.45) is 2.38. The van der Waals surface area contributed by atoms with Crippen molar-refractivity contribution >= 4 is 5.78 Å². The van der Waals surface area contributed by atoms with Crippen molar-refractivity contribution in [2.24, 2.45) is 5.92 Å². The van der Waals surface area contributed by atoms with E-state index < -0.39 is 0 Å². The Balaban J connectivity index is 2.09. The maximum absolute atomic E-state index is 12.5. The highest BCUT2D eigenvalue weighted by Crippen LogP contribution is 2.23. The molecule has 0 N–H and O–H groups in total. The number of benzene rings is 2. The van der Waals surface area contributed by atoms with E-state index in [-0.39, 0.29) is 5.78 Å². The molecule has 0 fully saturated rings. The van der Waals surface area contributed by atoms with Crippen LogP contribution in [0.5, 0.6) is 0 Å². The molecule has 0 aliphatic carbocycles. The van der Waals surface area contributed by atoms with E-state index in [1.54, 1.807) is 24.3 Å². The van der Waals surface area contributed by atoms with Crippen molar-refractivity contribution in [1.82, 2.24) is 0 Å². The van der Waals surface area contributed by atoms with Gasteiger partial charge in [-0.15, -0.1) is 0 Å². The minimum atomic E-state index is -0.00382. The zero-order valence-electron chi connectivity index (χ0n) is 14.0. The number of carbonyl (C=O) groups excluding carboxylic acids is 1. The van der Waals surface area contributed by atoms with Crippen molar-refractivity contribution in [1.29, 1.82) is 5.26 Å². The quantitative estimate of drug-likeness (QED) is 0.677. The summed E-state index contributed by atoms with van der Waals surface area (Å²) in [5, 5.41) is 8.81. The number of carbonyl (C=O) groups is 1. The van der Waals surface area contributed by atoms with Gasteiger partial charge in [0, 0.05) is 11.1 Å². The standard InChI is InChI=1S/C21H23NO/c1-15(2)4-5-16(3)18-10-12-20(13-11-18)21(23)19-8-6-17(14-22)7-9-19/h6-13,15-16H,4-5H2,1-3H3. The van der Waals surface area contributed by atoms with Crippen LogP contribution < -0.4 is 0 Å². The minimum absolute atomic E-state index is 0.00382.